The monoisotopic (exact) mass is 471 g/mol. The second-order valence-corrected chi connectivity index (χ2v) is 8.12. The molecule has 0 aliphatic carbocycles. The van der Waals surface area contributed by atoms with E-state index in [-0.39, 0.29) is 18.0 Å². The van der Waals surface area contributed by atoms with E-state index in [1.165, 1.54) is 0 Å². The van der Waals surface area contributed by atoms with Crippen LogP contribution in [0.4, 0.5) is 0 Å². The molecule has 0 fully saturated rings. The number of nitrogens with one attached hydrogen (secondary N) is 1. The van der Waals surface area contributed by atoms with Crippen LogP contribution in [0.1, 0.15) is 31.2 Å². The largest absolute Gasteiger partial charge is 0.494 e. The molecule has 0 atom stereocenters. The maximum absolute atomic E-state index is 13.2. The second kappa shape index (κ2) is 11.8. The first kappa shape index (κ1) is 24.0. The Hall–Kier alpha value is -4.13. The first-order chi connectivity index (χ1) is 17.1. The number of para-hydroxylation sites is 1. The zero-order chi connectivity index (χ0) is 24.5. The summed E-state index contributed by atoms with van der Waals surface area (Å²) in [5, 5.41) is 0.531. The van der Waals surface area contributed by atoms with Gasteiger partial charge < -0.3 is 19.4 Å². The van der Waals surface area contributed by atoms with Gasteiger partial charge in [0.2, 0.25) is 5.91 Å². The van der Waals surface area contributed by atoms with Crippen LogP contribution in [0.5, 0.6) is 11.5 Å². The van der Waals surface area contributed by atoms with E-state index in [0.29, 0.717) is 49.3 Å². The lowest BCUT2D eigenvalue weighted by Crippen LogP contribution is -2.31. The molecule has 3 aromatic carbocycles. The van der Waals surface area contributed by atoms with Crippen LogP contribution < -0.4 is 15.0 Å². The molecule has 4 aromatic rings. The zero-order valence-electron chi connectivity index (χ0n) is 19.8. The number of fused-ring (bicyclic) bond motifs is 1. The van der Waals surface area contributed by atoms with E-state index in [9.17, 15) is 9.59 Å². The average Bonchev–Trinajstić information content (AvgIpc) is 2.88. The van der Waals surface area contributed by atoms with Gasteiger partial charge in [0.15, 0.2) is 0 Å². The van der Waals surface area contributed by atoms with Crippen molar-refractivity contribution in [1.29, 1.82) is 0 Å². The Labute approximate surface area is 204 Å². The van der Waals surface area contributed by atoms with Gasteiger partial charge in [-0.05, 0) is 55.3 Å². The SMILES string of the molecule is CCOc1ccc(OCCCC(=O)N(Cc2ccccc2)Cc2nc3ccccc3c(=O)[nH]2)cc1. The number of carbonyl (C=O) groups excluding carboxylic acids is 1. The summed E-state index contributed by atoms with van der Waals surface area (Å²) in [6, 6.07) is 24.4. The lowest BCUT2D eigenvalue weighted by molar-refractivity contribution is -0.132. The molecule has 1 amide bonds. The Balaban J connectivity index is 1.40. The van der Waals surface area contributed by atoms with E-state index in [1.807, 2.05) is 67.6 Å². The van der Waals surface area contributed by atoms with Crippen molar-refractivity contribution in [2.24, 2.45) is 0 Å². The molecule has 0 unspecified atom stereocenters. The average molecular weight is 472 g/mol. The van der Waals surface area contributed by atoms with Gasteiger partial charge in [0.1, 0.15) is 17.3 Å². The van der Waals surface area contributed by atoms with Crippen molar-refractivity contribution >= 4 is 16.8 Å². The highest BCUT2D eigenvalue weighted by Crippen LogP contribution is 2.18. The van der Waals surface area contributed by atoms with Crippen LogP contribution in [-0.2, 0) is 17.9 Å². The van der Waals surface area contributed by atoms with Crippen molar-refractivity contribution in [2.45, 2.75) is 32.9 Å². The molecule has 0 aliphatic heterocycles. The molecule has 4 rings (SSSR count). The molecule has 0 saturated carbocycles. The van der Waals surface area contributed by atoms with Crippen molar-refractivity contribution in [3.8, 4) is 11.5 Å². The van der Waals surface area contributed by atoms with Gasteiger partial charge in [-0.2, -0.15) is 0 Å². The van der Waals surface area contributed by atoms with E-state index in [4.69, 9.17) is 9.47 Å². The van der Waals surface area contributed by atoms with Gasteiger partial charge in [-0.25, -0.2) is 4.98 Å². The van der Waals surface area contributed by atoms with Crippen LogP contribution >= 0.6 is 0 Å². The number of hydrogen-bond acceptors (Lipinski definition) is 5. The number of carbonyl (C=O) groups is 1. The van der Waals surface area contributed by atoms with Gasteiger partial charge in [0, 0.05) is 13.0 Å². The minimum Gasteiger partial charge on any atom is -0.494 e. The third-order valence-corrected chi connectivity index (χ3v) is 5.51. The van der Waals surface area contributed by atoms with Crippen LogP contribution in [0.2, 0.25) is 0 Å². The standard InChI is InChI=1S/C28H29N3O4/c1-2-34-22-14-16-23(17-15-22)35-18-8-13-27(32)31(19-21-9-4-3-5-10-21)20-26-29-25-12-7-6-11-24(25)28(33)30-26/h3-7,9-12,14-17H,2,8,13,18-20H2,1H3,(H,29,30,33). The van der Waals surface area contributed by atoms with Gasteiger partial charge in [-0.1, -0.05) is 42.5 Å². The summed E-state index contributed by atoms with van der Waals surface area (Å²) in [4.78, 5) is 34.8. The van der Waals surface area contributed by atoms with Gasteiger partial charge in [0.05, 0.1) is 30.7 Å². The number of nitrogens with zero attached hydrogens (tertiary/aromatic N) is 2. The topological polar surface area (TPSA) is 84.5 Å². The Morgan fingerprint density at radius 3 is 2.31 bits per heavy atom. The van der Waals surface area contributed by atoms with E-state index in [2.05, 4.69) is 9.97 Å². The fourth-order valence-corrected chi connectivity index (χ4v) is 3.80. The van der Waals surface area contributed by atoms with Crippen LogP contribution in [0.3, 0.4) is 0 Å². The molecule has 1 N–H and O–H groups in total. The van der Waals surface area contributed by atoms with Crippen LogP contribution in [0, 0.1) is 0 Å². The third kappa shape index (κ3) is 6.69. The van der Waals surface area contributed by atoms with E-state index in [1.54, 1.807) is 23.1 Å². The highest BCUT2D eigenvalue weighted by molar-refractivity contribution is 5.78. The fraction of sp³-hybridized carbons (Fsp3) is 0.250. The highest BCUT2D eigenvalue weighted by atomic mass is 16.5. The van der Waals surface area contributed by atoms with Gasteiger partial charge in [-0.15, -0.1) is 0 Å². The van der Waals surface area contributed by atoms with Crippen molar-refractivity contribution in [3.63, 3.8) is 0 Å². The Kier molecular flexibility index (Phi) is 8.12. The number of aromatic amines is 1. The molecule has 0 spiro atoms. The molecule has 180 valence electrons. The molecule has 0 aliphatic rings. The predicted molar refractivity (Wildman–Crippen MR) is 135 cm³/mol. The number of amides is 1. The molecule has 0 saturated heterocycles. The lowest BCUT2D eigenvalue weighted by atomic mass is 10.2. The number of aromatic nitrogens is 2. The Morgan fingerprint density at radius 2 is 1.57 bits per heavy atom. The maximum Gasteiger partial charge on any atom is 0.258 e. The molecular formula is C28H29N3O4. The Bertz CT molecular complexity index is 1300. The summed E-state index contributed by atoms with van der Waals surface area (Å²) in [5.74, 6) is 1.97. The van der Waals surface area contributed by atoms with Crippen molar-refractivity contribution in [2.75, 3.05) is 13.2 Å². The zero-order valence-corrected chi connectivity index (χ0v) is 19.8. The van der Waals surface area contributed by atoms with Crippen LogP contribution in [0.15, 0.2) is 83.7 Å². The molecule has 0 radical (unpaired) electrons. The van der Waals surface area contributed by atoms with Gasteiger partial charge in [0.25, 0.3) is 5.56 Å². The second-order valence-electron chi connectivity index (χ2n) is 8.12. The number of hydrogen-bond donors (Lipinski definition) is 1. The highest BCUT2D eigenvalue weighted by Gasteiger charge is 2.16. The first-order valence-electron chi connectivity index (χ1n) is 11.8. The molecule has 1 aromatic heterocycles. The summed E-state index contributed by atoms with van der Waals surface area (Å²) in [6.07, 6.45) is 0.890. The van der Waals surface area contributed by atoms with Crippen molar-refractivity contribution in [3.05, 3.63) is 101 Å². The first-order valence-corrected chi connectivity index (χ1v) is 11.8. The molecule has 35 heavy (non-hydrogen) atoms. The molecule has 1 heterocycles. The summed E-state index contributed by atoms with van der Waals surface area (Å²) in [5.41, 5.74) is 1.42. The fourth-order valence-electron chi connectivity index (χ4n) is 3.80. The van der Waals surface area contributed by atoms with Gasteiger partial charge >= 0.3 is 0 Å². The minimum atomic E-state index is -0.207. The predicted octanol–water partition coefficient (Wildman–Crippen LogP) is 4.71. The van der Waals surface area contributed by atoms with Crippen molar-refractivity contribution < 1.29 is 14.3 Å². The smallest absolute Gasteiger partial charge is 0.258 e. The minimum absolute atomic E-state index is 0.0278. The van der Waals surface area contributed by atoms with Gasteiger partial charge in [-0.3, -0.25) is 9.59 Å². The van der Waals surface area contributed by atoms with E-state index < -0.39 is 0 Å². The van der Waals surface area contributed by atoms with E-state index in [0.717, 1.165) is 17.1 Å². The summed E-state index contributed by atoms with van der Waals surface area (Å²) < 4.78 is 11.2. The number of rotatable bonds is 11. The Morgan fingerprint density at radius 1 is 0.886 bits per heavy atom. The van der Waals surface area contributed by atoms with Crippen molar-refractivity contribution in [1.82, 2.24) is 14.9 Å². The number of benzene rings is 3. The maximum atomic E-state index is 13.2. The lowest BCUT2D eigenvalue weighted by Gasteiger charge is -2.22. The summed E-state index contributed by atoms with van der Waals surface area (Å²) >= 11 is 0. The quantitative estimate of drug-likeness (QED) is 0.320. The van der Waals surface area contributed by atoms with Crippen LogP contribution in [-0.4, -0.2) is 34.0 Å². The van der Waals surface area contributed by atoms with E-state index >= 15 is 0 Å². The number of ether oxygens (including phenoxy) is 2. The third-order valence-electron chi connectivity index (χ3n) is 5.51. The molecule has 7 heteroatoms. The number of H-pyrrole nitrogens is 1. The molecular weight excluding hydrogens is 442 g/mol. The molecule has 0 bridgehead atoms. The molecule has 7 nitrogen and oxygen atoms in total. The normalized spacial score (nSPS) is 10.8. The summed E-state index contributed by atoms with van der Waals surface area (Å²) in [6.45, 7) is 3.62. The summed E-state index contributed by atoms with van der Waals surface area (Å²) in [7, 11) is 0. The van der Waals surface area contributed by atoms with Crippen LogP contribution in [0.25, 0.3) is 10.9 Å².